The minimum absolute atomic E-state index is 0.00607. The second kappa shape index (κ2) is 6.10. The number of aliphatic hydroxyl groups is 2. The van der Waals surface area contributed by atoms with E-state index < -0.39 is 0 Å². The number of hydrogen-bond donors (Lipinski definition) is 2. The highest BCUT2D eigenvalue weighted by Crippen LogP contribution is 2.63. The van der Waals surface area contributed by atoms with Crippen molar-refractivity contribution in [2.75, 3.05) is 6.61 Å². The molecule has 2 saturated carbocycles. The molecular weight excluding hydrogens is 303 g/mol. The number of halogens is 1. The molecule has 24 heavy (non-hydrogen) atoms. The first-order chi connectivity index (χ1) is 11.6. The summed E-state index contributed by atoms with van der Waals surface area (Å²) in [4.78, 5) is 0. The smallest absolute Gasteiger partial charge is 0.126 e. The van der Waals surface area contributed by atoms with E-state index in [4.69, 9.17) is 0 Å². The van der Waals surface area contributed by atoms with Crippen LogP contribution in [0.2, 0.25) is 0 Å². The Labute approximate surface area is 144 Å². The Morgan fingerprint density at radius 1 is 1.29 bits per heavy atom. The van der Waals surface area contributed by atoms with Crippen molar-refractivity contribution < 1.29 is 14.6 Å². The topological polar surface area (TPSA) is 40.5 Å². The van der Waals surface area contributed by atoms with E-state index in [1.54, 1.807) is 6.07 Å². The van der Waals surface area contributed by atoms with Crippen molar-refractivity contribution in [3.63, 3.8) is 0 Å². The molecule has 2 N–H and O–H groups in total. The molecule has 3 heteroatoms. The lowest BCUT2D eigenvalue weighted by atomic mass is 9.53. The normalized spacial score (nSPS) is 40.8. The quantitative estimate of drug-likeness (QED) is 0.877. The summed E-state index contributed by atoms with van der Waals surface area (Å²) in [7, 11) is 0. The van der Waals surface area contributed by atoms with Crippen molar-refractivity contribution in [2.45, 2.75) is 63.9 Å². The molecule has 0 heterocycles. The van der Waals surface area contributed by atoms with Gasteiger partial charge in [0.25, 0.3) is 0 Å². The summed E-state index contributed by atoms with van der Waals surface area (Å²) in [5.74, 6) is 1.97. The fourth-order valence-corrected chi connectivity index (χ4v) is 6.48. The predicted octanol–water partition coefficient (Wildman–Crippen LogP) is 4.04. The van der Waals surface area contributed by atoms with Crippen molar-refractivity contribution in [3.8, 4) is 0 Å². The summed E-state index contributed by atoms with van der Waals surface area (Å²) in [6.07, 6.45) is 6.46. The van der Waals surface area contributed by atoms with E-state index in [0.717, 1.165) is 50.5 Å². The minimum Gasteiger partial charge on any atom is -0.396 e. The van der Waals surface area contributed by atoms with Crippen LogP contribution in [-0.2, 0) is 6.42 Å². The zero-order valence-electron chi connectivity index (χ0n) is 14.5. The molecule has 2 nitrogen and oxygen atoms in total. The number of aliphatic hydroxyl groups excluding tert-OH is 2. The highest BCUT2D eigenvalue weighted by molar-refractivity contribution is 5.36. The third-order valence-corrected chi connectivity index (χ3v) is 7.54. The average molecular weight is 332 g/mol. The molecule has 0 aromatic heterocycles. The highest BCUT2D eigenvalue weighted by atomic mass is 19.1. The van der Waals surface area contributed by atoms with E-state index in [0.29, 0.717) is 23.7 Å². The van der Waals surface area contributed by atoms with Gasteiger partial charge in [-0.3, -0.25) is 0 Å². The van der Waals surface area contributed by atoms with Crippen molar-refractivity contribution in [1.29, 1.82) is 0 Å². The summed E-state index contributed by atoms with van der Waals surface area (Å²) in [6.45, 7) is 2.51. The van der Waals surface area contributed by atoms with Crippen molar-refractivity contribution >= 4 is 0 Å². The number of rotatable bonds is 3. The lowest BCUT2D eigenvalue weighted by Gasteiger charge is -2.51. The van der Waals surface area contributed by atoms with Gasteiger partial charge in [-0.05, 0) is 91.2 Å². The molecule has 2 fully saturated rings. The van der Waals surface area contributed by atoms with Gasteiger partial charge in [0.15, 0.2) is 0 Å². The minimum atomic E-state index is -0.221. The largest absolute Gasteiger partial charge is 0.396 e. The van der Waals surface area contributed by atoms with Gasteiger partial charge in [-0.15, -0.1) is 0 Å². The first-order valence-electron chi connectivity index (χ1n) is 9.62. The molecular formula is C21H29FO2. The first kappa shape index (κ1) is 16.5. The maximum atomic E-state index is 14.2. The van der Waals surface area contributed by atoms with Crippen molar-refractivity contribution in [1.82, 2.24) is 0 Å². The van der Waals surface area contributed by atoms with E-state index in [1.807, 2.05) is 6.07 Å². The molecule has 132 valence electrons. The van der Waals surface area contributed by atoms with E-state index in [9.17, 15) is 14.6 Å². The second-order valence-corrected chi connectivity index (χ2v) is 8.56. The van der Waals surface area contributed by atoms with Crippen LogP contribution in [0.25, 0.3) is 0 Å². The molecule has 0 radical (unpaired) electrons. The van der Waals surface area contributed by atoms with Crippen LogP contribution in [0.15, 0.2) is 18.2 Å². The van der Waals surface area contributed by atoms with Gasteiger partial charge < -0.3 is 10.2 Å². The Morgan fingerprint density at radius 2 is 2.12 bits per heavy atom. The molecule has 0 aliphatic heterocycles. The Kier molecular flexibility index (Phi) is 4.20. The monoisotopic (exact) mass is 332 g/mol. The van der Waals surface area contributed by atoms with Crippen LogP contribution < -0.4 is 0 Å². The first-order valence-corrected chi connectivity index (χ1v) is 9.62. The van der Waals surface area contributed by atoms with Crippen LogP contribution in [0, 0.1) is 29.0 Å². The van der Waals surface area contributed by atoms with Crippen LogP contribution in [0.3, 0.4) is 0 Å². The standard InChI is InChI=1S/C21H29FO2/c1-21-10-9-15-14-5-2-6-18(22)16(14)7-8-17(15)20(21)13(4-3-11-23)12-19(21)24/h2,5-6,13,15,17,19-20,23-24H,3-4,7-12H2,1H3/t13-,15-,17-,19?,20+,21-/m1/s1. The van der Waals surface area contributed by atoms with Crippen LogP contribution >= 0.6 is 0 Å². The summed E-state index contributed by atoms with van der Waals surface area (Å²) in [6, 6.07) is 5.58. The van der Waals surface area contributed by atoms with E-state index in [2.05, 4.69) is 13.0 Å². The number of hydrogen-bond acceptors (Lipinski definition) is 2. The molecule has 1 aromatic carbocycles. The predicted molar refractivity (Wildman–Crippen MR) is 92.2 cm³/mol. The van der Waals surface area contributed by atoms with Gasteiger partial charge in [0.1, 0.15) is 5.82 Å². The van der Waals surface area contributed by atoms with Gasteiger partial charge in [-0.1, -0.05) is 19.1 Å². The second-order valence-electron chi connectivity index (χ2n) is 8.56. The van der Waals surface area contributed by atoms with Crippen molar-refractivity contribution in [2.24, 2.45) is 23.2 Å². The molecule has 6 atom stereocenters. The zero-order chi connectivity index (χ0) is 16.9. The summed E-state index contributed by atoms with van der Waals surface area (Å²) in [5.41, 5.74) is 2.18. The van der Waals surface area contributed by atoms with Crippen LogP contribution in [0.5, 0.6) is 0 Å². The van der Waals surface area contributed by atoms with Gasteiger partial charge in [-0.25, -0.2) is 4.39 Å². The molecule has 0 bridgehead atoms. The lowest BCUT2D eigenvalue weighted by molar-refractivity contribution is -0.0309. The third-order valence-electron chi connectivity index (χ3n) is 7.54. The van der Waals surface area contributed by atoms with E-state index >= 15 is 0 Å². The van der Waals surface area contributed by atoms with Gasteiger partial charge in [0, 0.05) is 6.61 Å². The number of fused-ring (bicyclic) bond motifs is 5. The fourth-order valence-electron chi connectivity index (χ4n) is 6.48. The fraction of sp³-hybridized carbons (Fsp3) is 0.714. The SMILES string of the molecule is C[C@]12CC[C@@H]3c4cccc(F)c4CC[C@H]3[C@@H]1[C@H](CCCO)CC2O. The van der Waals surface area contributed by atoms with Gasteiger partial charge >= 0.3 is 0 Å². The molecule has 0 spiro atoms. The van der Waals surface area contributed by atoms with Gasteiger partial charge in [-0.2, -0.15) is 0 Å². The van der Waals surface area contributed by atoms with Crippen LogP contribution in [-0.4, -0.2) is 22.9 Å². The van der Waals surface area contributed by atoms with Crippen LogP contribution in [0.4, 0.5) is 4.39 Å². The Hall–Kier alpha value is -0.930. The summed E-state index contributed by atoms with van der Waals surface area (Å²) < 4.78 is 14.2. The van der Waals surface area contributed by atoms with E-state index in [1.165, 1.54) is 5.56 Å². The Balaban J connectivity index is 1.68. The number of benzene rings is 1. The zero-order valence-corrected chi connectivity index (χ0v) is 14.5. The molecule has 4 rings (SSSR count). The Bertz CT molecular complexity index is 616. The highest BCUT2D eigenvalue weighted by Gasteiger charge is 2.58. The van der Waals surface area contributed by atoms with E-state index in [-0.39, 0.29) is 23.9 Å². The van der Waals surface area contributed by atoms with Crippen LogP contribution in [0.1, 0.15) is 62.5 Å². The Morgan fingerprint density at radius 3 is 2.92 bits per heavy atom. The average Bonchev–Trinajstić information content (AvgIpc) is 2.84. The van der Waals surface area contributed by atoms with Gasteiger partial charge in [0.2, 0.25) is 0 Å². The van der Waals surface area contributed by atoms with Gasteiger partial charge in [0.05, 0.1) is 6.10 Å². The molecule has 3 aliphatic rings. The summed E-state index contributed by atoms with van der Waals surface area (Å²) >= 11 is 0. The molecule has 0 saturated heterocycles. The third kappa shape index (κ3) is 2.35. The lowest BCUT2D eigenvalue weighted by Crippen LogP contribution is -2.45. The maximum Gasteiger partial charge on any atom is 0.126 e. The molecule has 3 aliphatic carbocycles. The maximum absolute atomic E-state index is 14.2. The molecule has 0 amide bonds. The molecule has 1 unspecified atom stereocenters. The summed E-state index contributed by atoms with van der Waals surface area (Å²) in [5, 5.41) is 20.0. The molecule has 1 aromatic rings. The van der Waals surface area contributed by atoms with Crippen molar-refractivity contribution in [3.05, 3.63) is 35.1 Å².